The van der Waals surface area contributed by atoms with E-state index in [2.05, 4.69) is 40.1 Å². The van der Waals surface area contributed by atoms with Crippen molar-refractivity contribution in [1.82, 2.24) is 9.80 Å². The number of ether oxygens (including phenoxy) is 2. The molecule has 2 fully saturated rings. The van der Waals surface area contributed by atoms with E-state index in [1.807, 2.05) is 18.2 Å². The van der Waals surface area contributed by atoms with E-state index in [9.17, 15) is 5.11 Å². The number of fused-ring (bicyclic) bond motifs is 1. The summed E-state index contributed by atoms with van der Waals surface area (Å²) in [5, 5.41) is 9.73. The van der Waals surface area contributed by atoms with Gasteiger partial charge in [-0.2, -0.15) is 0 Å². The molecule has 0 radical (unpaired) electrons. The Bertz CT molecular complexity index is 812. The van der Waals surface area contributed by atoms with Crippen LogP contribution in [0, 0.1) is 0 Å². The van der Waals surface area contributed by atoms with E-state index in [4.69, 9.17) is 9.47 Å². The molecule has 3 unspecified atom stereocenters. The molecule has 5 nitrogen and oxygen atoms in total. The quantitative estimate of drug-likeness (QED) is 0.863. The first-order valence-electron chi connectivity index (χ1n) is 10.8. The average molecular weight is 395 g/mol. The van der Waals surface area contributed by atoms with Crippen LogP contribution in [0.3, 0.4) is 0 Å². The highest BCUT2D eigenvalue weighted by Gasteiger charge is 2.33. The summed E-state index contributed by atoms with van der Waals surface area (Å²) in [7, 11) is 0. The molecule has 2 aromatic carbocycles. The van der Waals surface area contributed by atoms with Gasteiger partial charge in [-0.1, -0.05) is 36.4 Å². The van der Waals surface area contributed by atoms with Crippen LogP contribution in [-0.4, -0.2) is 72.7 Å². The molecule has 3 aliphatic rings. The molecule has 0 spiro atoms. The minimum absolute atomic E-state index is 0.0851. The summed E-state index contributed by atoms with van der Waals surface area (Å²) in [5.74, 6) is 0.384. The van der Waals surface area contributed by atoms with Gasteiger partial charge in [0.05, 0.1) is 19.3 Å². The van der Waals surface area contributed by atoms with Crippen molar-refractivity contribution in [3.8, 4) is 5.75 Å². The normalized spacial score (nSPS) is 28.3. The Balaban J connectivity index is 1.08. The van der Waals surface area contributed by atoms with Crippen molar-refractivity contribution >= 4 is 0 Å². The van der Waals surface area contributed by atoms with Crippen molar-refractivity contribution in [3.63, 3.8) is 0 Å². The molecule has 2 saturated heterocycles. The molecule has 3 atom stereocenters. The second-order valence-corrected chi connectivity index (χ2v) is 8.52. The van der Waals surface area contributed by atoms with E-state index in [-0.39, 0.29) is 12.3 Å². The van der Waals surface area contributed by atoms with Gasteiger partial charge in [0, 0.05) is 38.6 Å². The highest BCUT2D eigenvalue weighted by Crippen LogP contribution is 2.29. The van der Waals surface area contributed by atoms with E-state index >= 15 is 0 Å². The molecular formula is C24H30N2O3. The van der Waals surface area contributed by atoms with E-state index < -0.39 is 0 Å². The van der Waals surface area contributed by atoms with Gasteiger partial charge in [-0.3, -0.25) is 9.80 Å². The summed E-state index contributed by atoms with van der Waals surface area (Å²) >= 11 is 0. The first-order valence-corrected chi connectivity index (χ1v) is 10.8. The monoisotopic (exact) mass is 394 g/mol. The maximum atomic E-state index is 9.73. The zero-order valence-electron chi connectivity index (χ0n) is 16.9. The molecule has 0 bridgehead atoms. The molecule has 1 N–H and O–H groups in total. The Labute approximate surface area is 172 Å². The first kappa shape index (κ1) is 19.1. The number of hydrogen-bond acceptors (Lipinski definition) is 5. The fraction of sp³-hybridized carbons (Fsp3) is 0.500. The van der Waals surface area contributed by atoms with Crippen LogP contribution in [0.4, 0.5) is 0 Å². The molecule has 2 heterocycles. The van der Waals surface area contributed by atoms with Gasteiger partial charge in [-0.25, -0.2) is 0 Å². The molecule has 1 aliphatic carbocycles. The second kappa shape index (κ2) is 8.44. The number of rotatable bonds is 4. The topological polar surface area (TPSA) is 45.2 Å². The third-order valence-corrected chi connectivity index (χ3v) is 6.63. The largest absolute Gasteiger partial charge is 0.508 e. The molecule has 5 heteroatoms. The fourth-order valence-electron chi connectivity index (χ4n) is 4.97. The lowest BCUT2D eigenvalue weighted by molar-refractivity contribution is -0.190. The summed E-state index contributed by atoms with van der Waals surface area (Å²) in [6.45, 7) is 5.51. The van der Waals surface area contributed by atoms with E-state index in [0.717, 1.165) is 45.4 Å². The van der Waals surface area contributed by atoms with Crippen molar-refractivity contribution in [2.75, 3.05) is 39.4 Å². The van der Waals surface area contributed by atoms with Gasteiger partial charge in [-0.05, 0) is 41.7 Å². The van der Waals surface area contributed by atoms with Crippen LogP contribution in [-0.2, 0) is 28.7 Å². The molecule has 0 saturated carbocycles. The fourth-order valence-corrected chi connectivity index (χ4v) is 4.97. The summed E-state index contributed by atoms with van der Waals surface area (Å²) in [4.78, 5) is 5.04. The van der Waals surface area contributed by atoms with Crippen molar-refractivity contribution in [2.45, 2.75) is 37.6 Å². The molecule has 2 aromatic rings. The van der Waals surface area contributed by atoms with E-state index in [0.29, 0.717) is 25.0 Å². The predicted molar refractivity (Wildman–Crippen MR) is 112 cm³/mol. The van der Waals surface area contributed by atoms with Crippen molar-refractivity contribution in [3.05, 3.63) is 65.2 Å². The molecule has 0 aromatic heterocycles. The smallest absolute Gasteiger partial charge is 0.134 e. The first-order chi connectivity index (χ1) is 14.2. The van der Waals surface area contributed by atoms with Gasteiger partial charge in [0.1, 0.15) is 12.0 Å². The van der Waals surface area contributed by atoms with E-state index in [1.54, 1.807) is 0 Å². The number of aromatic hydroxyl groups is 1. The van der Waals surface area contributed by atoms with Crippen molar-refractivity contribution in [1.29, 1.82) is 0 Å². The molecular weight excluding hydrogens is 364 g/mol. The molecule has 5 rings (SSSR count). The zero-order chi connectivity index (χ0) is 19.6. The third-order valence-electron chi connectivity index (χ3n) is 6.63. The number of nitrogens with zero attached hydrogens (tertiary/aromatic N) is 2. The number of phenols is 1. The minimum Gasteiger partial charge on any atom is -0.508 e. The molecule has 2 aliphatic heterocycles. The standard InChI is InChI=1S/C24H30N2O3/c27-22-7-6-19-13-21(14-20(19)15-22)25-8-10-26(11-9-25)24-17-28-23(16-29-24)12-18-4-2-1-3-5-18/h1-7,15,21,23-24,27H,8-14,16-17H2. The van der Waals surface area contributed by atoms with Crippen LogP contribution in [0.2, 0.25) is 0 Å². The highest BCUT2D eigenvalue weighted by molar-refractivity contribution is 5.39. The minimum atomic E-state index is 0.0851. The SMILES string of the molecule is Oc1ccc2c(c1)CC(N1CCN(C3COC(Cc4ccccc4)CO3)CC1)C2. The Morgan fingerprint density at radius 1 is 0.828 bits per heavy atom. The summed E-state index contributed by atoms with van der Waals surface area (Å²) in [6, 6.07) is 16.9. The predicted octanol–water partition coefficient (Wildman–Crippen LogP) is 2.46. The Morgan fingerprint density at radius 2 is 1.59 bits per heavy atom. The van der Waals surface area contributed by atoms with Gasteiger partial charge in [0.15, 0.2) is 0 Å². The number of phenolic OH excluding ortho intramolecular Hbond substituents is 1. The van der Waals surface area contributed by atoms with Crippen LogP contribution in [0.15, 0.2) is 48.5 Å². The second-order valence-electron chi connectivity index (χ2n) is 8.52. The molecule has 29 heavy (non-hydrogen) atoms. The van der Waals surface area contributed by atoms with Crippen LogP contribution in [0.25, 0.3) is 0 Å². The number of hydrogen-bond donors (Lipinski definition) is 1. The maximum Gasteiger partial charge on any atom is 0.134 e. The lowest BCUT2D eigenvalue weighted by atomic mass is 10.1. The van der Waals surface area contributed by atoms with Crippen LogP contribution in [0.1, 0.15) is 16.7 Å². The van der Waals surface area contributed by atoms with Crippen molar-refractivity contribution in [2.24, 2.45) is 0 Å². The van der Waals surface area contributed by atoms with Gasteiger partial charge in [0.25, 0.3) is 0 Å². The Hall–Kier alpha value is -1.92. The van der Waals surface area contributed by atoms with Crippen molar-refractivity contribution < 1.29 is 14.6 Å². The number of piperazine rings is 1. The van der Waals surface area contributed by atoms with Crippen LogP contribution >= 0.6 is 0 Å². The van der Waals surface area contributed by atoms with E-state index in [1.165, 1.54) is 16.7 Å². The Morgan fingerprint density at radius 3 is 2.34 bits per heavy atom. The van der Waals surface area contributed by atoms with Gasteiger partial charge >= 0.3 is 0 Å². The van der Waals surface area contributed by atoms with Crippen LogP contribution < -0.4 is 0 Å². The lowest BCUT2D eigenvalue weighted by Gasteiger charge is -2.43. The molecule has 154 valence electrons. The van der Waals surface area contributed by atoms with Gasteiger partial charge < -0.3 is 14.6 Å². The molecule has 0 amide bonds. The van der Waals surface area contributed by atoms with Crippen LogP contribution in [0.5, 0.6) is 5.75 Å². The summed E-state index contributed by atoms with van der Waals surface area (Å²) < 4.78 is 12.3. The summed E-state index contributed by atoms with van der Waals surface area (Å²) in [5.41, 5.74) is 4.01. The summed E-state index contributed by atoms with van der Waals surface area (Å²) in [6.07, 6.45) is 3.30. The Kier molecular flexibility index (Phi) is 5.55. The lowest BCUT2D eigenvalue weighted by Crippen LogP contribution is -2.56. The van der Waals surface area contributed by atoms with Gasteiger partial charge in [0.2, 0.25) is 0 Å². The van der Waals surface area contributed by atoms with Gasteiger partial charge in [-0.15, -0.1) is 0 Å². The average Bonchev–Trinajstić information content (AvgIpc) is 3.18. The third kappa shape index (κ3) is 4.33. The maximum absolute atomic E-state index is 9.73. The zero-order valence-corrected chi connectivity index (χ0v) is 16.9. The number of benzene rings is 2. The highest BCUT2D eigenvalue weighted by atomic mass is 16.6.